The Morgan fingerprint density at radius 1 is 1.54 bits per heavy atom. The fourth-order valence-electron chi connectivity index (χ4n) is 1.63. The molecule has 0 aliphatic heterocycles. The SMILES string of the molecule is COCC(CCO)NCC1CCC1. The van der Waals surface area contributed by atoms with Crippen molar-refractivity contribution in [1.29, 1.82) is 0 Å². The molecule has 3 nitrogen and oxygen atoms in total. The zero-order valence-corrected chi connectivity index (χ0v) is 8.46. The lowest BCUT2D eigenvalue weighted by Gasteiger charge is -2.28. The highest BCUT2D eigenvalue weighted by Gasteiger charge is 2.18. The molecule has 0 radical (unpaired) electrons. The maximum Gasteiger partial charge on any atom is 0.0616 e. The summed E-state index contributed by atoms with van der Waals surface area (Å²) in [5, 5.41) is 12.2. The van der Waals surface area contributed by atoms with Gasteiger partial charge < -0.3 is 15.2 Å². The fraction of sp³-hybridized carbons (Fsp3) is 1.00. The van der Waals surface area contributed by atoms with Crippen LogP contribution in [0.4, 0.5) is 0 Å². The van der Waals surface area contributed by atoms with Crippen LogP contribution in [0.25, 0.3) is 0 Å². The van der Waals surface area contributed by atoms with Gasteiger partial charge in [0.15, 0.2) is 0 Å². The molecule has 1 saturated carbocycles. The Bertz CT molecular complexity index is 120. The maximum absolute atomic E-state index is 8.80. The minimum atomic E-state index is 0.242. The normalized spacial score (nSPS) is 19.8. The maximum atomic E-state index is 8.80. The average molecular weight is 187 g/mol. The standard InChI is InChI=1S/C10H21NO2/c1-13-8-10(5-6-12)11-7-9-3-2-4-9/h9-12H,2-8H2,1H3. The lowest BCUT2D eigenvalue weighted by molar-refractivity contribution is 0.142. The van der Waals surface area contributed by atoms with Crippen LogP contribution < -0.4 is 5.32 Å². The van der Waals surface area contributed by atoms with E-state index in [1.807, 2.05) is 0 Å². The van der Waals surface area contributed by atoms with Crippen LogP contribution in [0.15, 0.2) is 0 Å². The Kier molecular flexibility index (Phi) is 5.35. The summed E-state index contributed by atoms with van der Waals surface area (Å²) < 4.78 is 5.07. The summed E-state index contributed by atoms with van der Waals surface area (Å²) in [5.41, 5.74) is 0. The second-order valence-electron chi connectivity index (χ2n) is 3.87. The molecule has 1 unspecified atom stereocenters. The van der Waals surface area contributed by atoms with E-state index in [2.05, 4.69) is 5.32 Å². The Morgan fingerprint density at radius 3 is 2.77 bits per heavy atom. The van der Waals surface area contributed by atoms with Crippen LogP contribution >= 0.6 is 0 Å². The molecule has 0 heterocycles. The first-order valence-corrected chi connectivity index (χ1v) is 5.20. The minimum Gasteiger partial charge on any atom is -0.396 e. The second kappa shape index (κ2) is 6.35. The molecule has 1 aliphatic rings. The van der Waals surface area contributed by atoms with Gasteiger partial charge in [-0.1, -0.05) is 6.42 Å². The number of aliphatic hydroxyl groups is 1. The number of aliphatic hydroxyl groups excluding tert-OH is 1. The van der Waals surface area contributed by atoms with E-state index >= 15 is 0 Å². The first-order valence-electron chi connectivity index (χ1n) is 5.20. The predicted octanol–water partition coefficient (Wildman–Crippen LogP) is 0.773. The highest BCUT2D eigenvalue weighted by atomic mass is 16.5. The van der Waals surface area contributed by atoms with Crippen LogP contribution in [-0.2, 0) is 4.74 Å². The van der Waals surface area contributed by atoms with E-state index in [9.17, 15) is 0 Å². The van der Waals surface area contributed by atoms with Crippen LogP contribution in [0, 0.1) is 5.92 Å². The smallest absolute Gasteiger partial charge is 0.0616 e. The molecule has 0 bridgehead atoms. The van der Waals surface area contributed by atoms with Crippen molar-refractivity contribution >= 4 is 0 Å². The Morgan fingerprint density at radius 2 is 2.31 bits per heavy atom. The number of hydrogen-bond acceptors (Lipinski definition) is 3. The molecule has 1 atom stereocenters. The van der Waals surface area contributed by atoms with Gasteiger partial charge in [0.2, 0.25) is 0 Å². The third-order valence-corrected chi connectivity index (χ3v) is 2.77. The third kappa shape index (κ3) is 4.07. The van der Waals surface area contributed by atoms with E-state index < -0.39 is 0 Å². The average Bonchev–Trinajstić information content (AvgIpc) is 2.02. The predicted molar refractivity (Wildman–Crippen MR) is 52.7 cm³/mol. The lowest BCUT2D eigenvalue weighted by atomic mass is 9.85. The van der Waals surface area contributed by atoms with Crippen LogP contribution in [-0.4, -0.2) is 38.0 Å². The van der Waals surface area contributed by atoms with Gasteiger partial charge in [0, 0.05) is 19.8 Å². The lowest BCUT2D eigenvalue weighted by Crippen LogP contribution is -2.38. The van der Waals surface area contributed by atoms with E-state index in [0.717, 1.165) is 18.9 Å². The molecule has 13 heavy (non-hydrogen) atoms. The van der Waals surface area contributed by atoms with E-state index in [-0.39, 0.29) is 6.61 Å². The number of hydrogen-bond donors (Lipinski definition) is 2. The molecular formula is C10H21NO2. The van der Waals surface area contributed by atoms with Crippen LogP contribution in [0.1, 0.15) is 25.7 Å². The van der Waals surface area contributed by atoms with Crippen molar-refractivity contribution in [3.63, 3.8) is 0 Å². The number of ether oxygens (including phenoxy) is 1. The van der Waals surface area contributed by atoms with Gasteiger partial charge in [0.1, 0.15) is 0 Å². The van der Waals surface area contributed by atoms with Crippen molar-refractivity contribution in [2.75, 3.05) is 26.9 Å². The van der Waals surface area contributed by atoms with E-state index in [1.54, 1.807) is 7.11 Å². The van der Waals surface area contributed by atoms with E-state index in [1.165, 1.54) is 19.3 Å². The van der Waals surface area contributed by atoms with E-state index in [0.29, 0.717) is 12.6 Å². The number of rotatable bonds is 7. The highest BCUT2D eigenvalue weighted by molar-refractivity contribution is 4.75. The molecular weight excluding hydrogens is 166 g/mol. The summed E-state index contributed by atoms with van der Waals surface area (Å²) in [4.78, 5) is 0. The molecule has 2 N–H and O–H groups in total. The second-order valence-corrected chi connectivity index (χ2v) is 3.87. The van der Waals surface area contributed by atoms with Gasteiger partial charge in [0.05, 0.1) is 6.61 Å². The van der Waals surface area contributed by atoms with Crippen molar-refractivity contribution in [1.82, 2.24) is 5.32 Å². The summed E-state index contributed by atoms with van der Waals surface area (Å²) in [6.45, 7) is 2.03. The van der Waals surface area contributed by atoms with Gasteiger partial charge in [-0.3, -0.25) is 0 Å². The van der Waals surface area contributed by atoms with Crippen molar-refractivity contribution in [3.05, 3.63) is 0 Å². The summed E-state index contributed by atoms with van der Waals surface area (Å²) in [6.07, 6.45) is 4.92. The van der Waals surface area contributed by atoms with Crippen LogP contribution in [0.5, 0.6) is 0 Å². The summed E-state index contributed by atoms with van der Waals surface area (Å²) in [6, 6.07) is 0.329. The van der Waals surface area contributed by atoms with Gasteiger partial charge in [0.25, 0.3) is 0 Å². The molecule has 3 heteroatoms. The van der Waals surface area contributed by atoms with E-state index in [4.69, 9.17) is 9.84 Å². The Balaban J connectivity index is 2.05. The van der Waals surface area contributed by atoms with Crippen molar-refractivity contribution in [2.45, 2.75) is 31.7 Å². The summed E-state index contributed by atoms with van der Waals surface area (Å²) >= 11 is 0. The highest BCUT2D eigenvalue weighted by Crippen LogP contribution is 2.25. The first-order chi connectivity index (χ1) is 6.36. The molecule has 0 aromatic carbocycles. The van der Waals surface area contributed by atoms with Gasteiger partial charge >= 0.3 is 0 Å². The van der Waals surface area contributed by atoms with Gasteiger partial charge in [-0.25, -0.2) is 0 Å². The van der Waals surface area contributed by atoms with Crippen LogP contribution in [0.3, 0.4) is 0 Å². The topological polar surface area (TPSA) is 41.5 Å². The fourth-order valence-corrected chi connectivity index (χ4v) is 1.63. The molecule has 1 aliphatic carbocycles. The molecule has 0 spiro atoms. The van der Waals surface area contributed by atoms with Crippen molar-refractivity contribution in [2.24, 2.45) is 5.92 Å². The Hall–Kier alpha value is -0.120. The van der Waals surface area contributed by atoms with Gasteiger partial charge in [-0.05, 0) is 31.7 Å². The number of nitrogens with one attached hydrogen (secondary N) is 1. The van der Waals surface area contributed by atoms with Gasteiger partial charge in [-0.15, -0.1) is 0 Å². The monoisotopic (exact) mass is 187 g/mol. The third-order valence-electron chi connectivity index (χ3n) is 2.77. The molecule has 0 amide bonds. The summed E-state index contributed by atoms with van der Waals surface area (Å²) in [5.74, 6) is 0.873. The number of methoxy groups -OCH3 is 1. The molecule has 1 fully saturated rings. The molecule has 0 aromatic heterocycles. The summed E-state index contributed by atoms with van der Waals surface area (Å²) in [7, 11) is 1.70. The Labute approximate surface area is 80.5 Å². The van der Waals surface area contributed by atoms with Crippen molar-refractivity contribution in [3.8, 4) is 0 Å². The van der Waals surface area contributed by atoms with Gasteiger partial charge in [-0.2, -0.15) is 0 Å². The minimum absolute atomic E-state index is 0.242. The quantitative estimate of drug-likeness (QED) is 0.618. The van der Waals surface area contributed by atoms with Crippen LogP contribution in [0.2, 0.25) is 0 Å². The molecule has 1 rings (SSSR count). The molecule has 0 aromatic rings. The zero-order valence-electron chi connectivity index (χ0n) is 8.46. The zero-order chi connectivity index (χ0) is 9.52. The molecule has 0 saturated heterocycles. The molecule has 78 valence electrons. The largest absolute Gasteiger partial charge is 0.396 e. The van der Waals surface area contributed by atoms with Crippen molar-refractivity contribution < 1.29 is 9.84 Å². The first kappa shape index (κ1) is 11.0.